The van der Waals surface area contributed by atoms with Crippen molar-refractivity contribution in [3.8, 4) is 0 Å². The molecule has 0 saturated carbocycles. The molecule has 21 heavy (non-hydrogen) atoms. The SMILES string of the molecule is Cc1ccc(NC(=O)NCc2ccc(F)c(F)c2)c(C)c1. The van der Waals surface area contributed by atoms with Gasteiger partial charge in [0.05, 0.1) is 0 Å². The highest BCUT2D eigenvalue weighted by Gasteiger charge is 2.06. The lowest BCUT2D eigenvalue weighted by Gasteiger charge is -2.10. The first-order valence-corrected chi connectivity index (χ1v) is 6.52. The number of carbonyl (C=O) groups is 1. The van der Waals surface area contributed by atoms with Crippen LogP contribution in [0.3, 0.4) is 0 Å². The van der Waals surface area contributed by atoms with Gasteiger partial charge in [-0.3, -0.25) is 0 Å². The molecule has 2 aromatic carbocycles. The number of amides is 2. The molecule has 2 amide bonds. The van der Waals surface area contributed by atoms with Crippen LogP contribution < -0.4 is 10.6 Å². The molecule has 0 aliphatic carbocycles. The molecular weight excluding hydrogens is 274 g/mol. The fourth-order valence-electron chi connectivity index (χ4n) is 1.95. The van der Waals surface area contributed by atoms with E-state index in [0.29, 0.717) is 11.3 Å². The third kappa shape index (κ3) is 4.02. The van der Waals surface area contributed by atoms with Crippen molar-refractivity contribution in [2.45, 2.75) is 20.4 Å². The maximum Gasteiger partial charge on any atom is 0.319 e. The van der Waals surface area contributed by atoms with Crippen LogP contribution in [0.1, 0.15) is 16.7 Å². The van der Waals surface area contributed by atoms with Gasteiger partial charge in [0.2, 0.25) is 0 Å². The maximum absolute atomic E-state index is 13.0. The zero-order valence-corrected chi connectivity index (χ0v) is 11.8. The molecule has 0 spiro atoms. The van der Waals surface area contributed by atoms with Crippen molar-refractivity contribution < 1.29 is 13.6 Å². The van der Waals surface area contributed by atoms with Crippen LogP contribution in [0.25, 0.3) is 0 Å². The normalized spacial score (nSPS) is 10.3. The lowest BCUT2D eigenvalue weighted by molar-refractivity contribution is 0.251. The topological polar surface area (TPSA) is 41.1 Å². The van der Waals surface area contributed by atoms with E-state index in [-0.39, 0.29) is 6.54 Å². The standard InChI is InChI=1S/C16H16F2N2O/c1-10-3-6-15(11(2)7-10)20-16(21)19-9-12-4-5-13(17)14(18)8-12/h3-8H,9H2,1-2H3,(H2,19,20,21). The average Bonchev–Trinajstić information content (AvgIpc) is 2.43. The Bertz CT molecular complexity index is 671. The van der Waals surface area contributed by atoms with E-state index < -0.39 is 17.7 Å². The van der Waals surface area contributed by atoms with Gasteiger partial charge in [0.15, 0.2) is 11.6 Å². The van der Waals surface area contributed by atoms with Gasteiger partial charge in [-0.1, -0.05) is 23.8 Å². The minimum atomic E-state index is -0.927. The molecule has 110 valence electrons. The van der Waals surface area contributed by atoms with E-state index in [2.05, 4.69) is 10.6 Å². The summed E-state index contributed by atoms with van der Waals surface area (Å²) in [5.41, 5.74) is 3.27. The zero-order valence-electron chi connectivity index (χ0n) is 11.8. The van der Waals surface area contributed by atoms with E-state index >= 15 is 0 Å². The second-order valence-electron chi connectivity index (χ2n) is 4.87. The first-order valence-electron chi connectivity index (χ1n) is 6.52. The summed E-state index contributed by atoms with van der Waals surface area (Å²) < 4.78 is 25.8. The first-order chi connectivity index (χ1) is 9.95. The Morgan fingerprint density at radius 3 is 2.48 bits per heavy atom. The van der Waals surface area contributed by atoms with E-state index in [0.717, 1.165) is 23.3 Å². The van der Waals surface area contributed by atoms with Crippen LogP contribution in [-0.4, -0.2) is 6.03 Å². The summed E-state index contributed by atoms with van der Waals surface area (Å²) in [7, 11) is 0. The Labute approximate surface area is 122 Å². The predicted molar refractivity (Wildman–Crippen MR) is 78.1 cm³/mol. The molecule has 0 aliphatic rings. The number of urea groups is 1. The molecule has 0 atom stereocenters. The van der Waals surface area contributed by atoms with Gasteiger partial charge in [0, 0.05) is 12.2 Å². The number of benzene rings is 2. The Balaban J connectivity index is 1.94. The van der Waals surface area contributed by atoms with Gasteiger partial charge in [0.1, 0.15) is 0 Å². The fraction of sp³-hybridized carbons (Fsp3) is 0.188. The summed E-state index contributed by atoms with van der Waals surface area (Å²) in [6, 6.07) is 8.81. The number of carbonyl (C=O) groups excluding carboxylic acids is 1. The van der Waals surface area contributed by atoms with Crippen LogP contribution in [0.4, 0.5) is 19.3 Å². The molecule has 0 aliphatic heterocycles. The number of anilines is 1. The fourth-order valence-corrected chi connectivity index (χ4v) is 1.95. The molecule has 0 unspecified atom stereocenters. The number of aryl methyl sites for hydroxylation is 2. The monoisotopic (exact) mass is 290 g/mol. The Morgan fingerprint density at radius 1 is 1.05 bits per heavy atom. The molecule has 2 N–H and O–H groups in total. The Kier molecular flexibility index (Phi) is 4.52. The summed E-state index contributed by atoms with van der Waals surface area (Å²) >= 11 is 0. The summed E-state index contributed by atoms with van der Waals surface area (Å²) in [5, 5.41) is 5.31. The van der Waals surface area contributed by atoms with Crippen molar-refractivity contribution in [1.29, 1.82) is 0 Å². The van der Waals surface area contributed by atoms with Crippen molar-refractivity contribution in [2.75, 3.05) is 5.32 Å². The van der Waals surface area contributed by atoms with Crippen LogP contribution in [0.15, 0.2) is 36.4 Å². The van der Waals surface area contributed by atoms with Crippen molar-refractivity contribution in [2.24, 2.45) is 0 Å². The third-order valence-electron chi connectivity index (χ3n) is 3.07. The van der Waals surface area contributed by atoms with E-state index in [1.54, 1.807) is 0 Å². The maximum atomic E-state index is 13.0. The van der Waals surface area contributed by atoms with Crippen LogP contribution in [0.5, 0.6) is 0 Å². The van der Waals surface area contributed by atoms with Gasteiger partial charge in [0.25, 0.3) is 0 Å². The van der Waals surface area contributed by atoms with Crippen molar-refractivity contribution in [3.63, 3.8) is 0 Å². The Hall–Kier alpha value is -2.43. The van der Waals surface area contributed by atoms with Gasteiger partial charge < -0.3 is 10.6 Å². The first kappa shape index (κ1) is 15.0. The van der Waals surface area contributed by atoms with Crippen LogP contribution in [0.2, 0.25) is 0 Å². The molecule has 2 aromatic rings. The van der Waals surface area contributed by atoms with Gasteiger partial charge in [-0.15, -0.1) is 0 Å². The second kappa shape index (κ2) is 6.35. The number of nitrogens with one attached hydrogen (secondary N) is 2. The number of hydrogen-bond donors (Lipinski definition) is 2. The van der Waals surface area contributed by atoms with Crippen molar-refractivity contribution in [1.82, 2.24) is 5.32 Å². The van der Waals surface area contributed by atoms with Gasteiger partial charge >= 0.3 is 6.03 Å². The van der Waals surface area contributed by atoms with Gasteiger partial charge in [-0.25, -0.2) is 13.6 Å². The summed E-state index contributed by atoms with van der Waals surface area (Å²) in [6.45, 7) is 3.99. The summed E-state index contributed by atoms with van der Waals surface area (Å²) in [5.74, 6) is -1.83. The Morgan fingerprint density at radius 2 is 1.81 bits per heavy atom. The minimum absolute atomic E-state index is 0.119. The highest BCUT2D eigenvalue weighted by atomic mass is 19.2. The van der Waals surface area contributed by atoms with Gasteiger partial charge in [-0.05, 0) is 43.2 Å². The van der Waals surface area contributed by atoms with E-state index in [4.69, 9.17) is 0 Å². The molecule has 3 nitrogen and oxygen atoms in total. The highest BCUT2D eigenvalue weighted by Crippen LogP contribution is 2.15. The second-order valence-corrected chi connectivity index (χ2v) is 4.87. The smallest absolute Gasteiger partial charge is 0.319 e. The van der Waals surface area contributed by atoms with Gasteiger partial charge in [-0.2, -0.15) is 0 Å². The predicted octanol–water partition coefficient (Wildman–Crippen LogP) is 3.90. The highest BCUT2D eigenvalue weighted by molar-refractivity contribution is 5.90. The molecule has 0 bridgehead atoms. The quantitative estimate of drug-likeness (QED) is 0.884. The lowest BCUT2D eigenvalue weighted by atomic mass is 10.1. The molecule has 2 rings (SSSR count). The van der Waals surface area contributed by atoms with E-state index in [1.165, 1.54) is 6.07 Å². The largest absolute Gasteiger partial charge is 0.334 e. The number of rotatable bonds is 3. The average molecular weight is 290 g/mol. The molecule has 0 fully saturated rings. The minimum Gasteiger partial charge on any atom is -0.334 e. The molecule has 0 aromatic heterocycles. The molecule has 5 heteroatoms. The van der Waals surface area contributed by atoms with Crippen molar-refractivity contribution >= 4 is 11.7 Å². The van der Waals surface area contributed by atoms with Crippen LogP contribution in [-0.2, 0) is 6.54 Å². The lowest BCUT2D eigenvalue weighted by Crippen LogP contribution is -2.28. The summed E-state index contributed by atoms with van der Waals surface area (Å²) in [6.07, 6.45) is 0. The zero-order chi connectivity index (χ0) is 15.4. The molecule has 0 heterocycles. The molecular formula is C16H16F2N2O. The van der Waals surface area contributed by atoms with E-state index in [1.807, 2.05) is 32.0 Å². The number of hydrogen-bond acceptors (Lipinski definition) is 1. The van der Waals surface area contributed by atoms with Crippen LogP contribution >= 0.6 is 0 Å². The van der Waals surface area contributed by atoms with E-state index in [9.17, 15) is 13.6 Å². The van der Waals surface area contributed by atoms with Crippen LogP contribution in [0, 0.1) is 25.5 Å². The summed E-state index contributed by atoms with van der Waals surface area (Å²) in [4.78, 5) is 11.8. The molecule has 0 saturated heterocycles. The molecule has 0 radical (unpaired) electrons. The number of halogens is 2. The third-order valence-corrected chi connectivity index (χ3v) is 3.07. The van der Waals surface area contributed by atoms with Crippen molar-refractivity contribution in [3.05, 3.63) is 64.7 Å².